The molecule has 21 heavy (non-hydrogen) atoms. The first-order valence-electron chi connectivity index (χ1n) is 7.28. The van der Waals surface area contributed by atoms with Crippen LogP contribution in [0.1, 0.15) is 26.2 Å². The molecule has 0 aromatic carbocycles. The Morgan fingerprint density at radius 1 is 1.43 bits per heavy atom. The van der Waals surface area contributed by atoms with Crippen molar-refractivity contribution in [1.29, 1.82) is 0 Å². The molecule has 7 heteroatoms. The summed E-state index contributed by atoms with van der Waals surface area (Å²) in [6.45, 7) is 3.24. The van der Waals surface area contributed by atoms with Crippen molar-refractivity contribution in [3.8, 4) is 0 Å². The van der Waals surface area contributed by atoms with Crippen molar-refractivity contribution in [2.45, 2.75) is 26.2 Å². The number of nitrogens with zero attached hydrogens (tertiary/aromatic N) is 2. The number of hydrogen-bond acceptors (Lipinski definition) is 3. The van der Waals surface area contributed by atoms with Gasteiger partial charge in [-0.25, -0.2) is 4.79 Å². The van der Waals surface area contributed by atoms with Crippen molar-refractivity contribution < 1.29 is 19.5 Å². The number of piperidine rings is 1. The molecule has 2 atom stereocenters. The molecule has 0 bridgehead atoms. The quantitative estimate of drug-likeness (QED) is 0.778. The minimum atomic E-state index is -0.823. The van der Waals surface area contributed by atoms with Gasteiger partial charge < -0.3 is 20.2 Å². The van der Waals surface area contributed by atoms with Gasteiger partial charge in [0.05, 0.1) is 5.92 Å². The molecule has 1 aliphatic rings. The molecule has 1 fully saturated rings. The van der Waals surface area contributed by atoms with E-state index in [0.29, 0.717) is 19.6 Å². The maximum atomic E-state index is 12.3. The topological polar surface area (TPSA) is 90.0 Å². The van der Waals surface area contributed by atoms with E-state index in [1.807, 2.05) is 0 Å². The number of hydrogen-bond donors (Lipinski definition) is 2. The third-order valence-electron chi connectivity index (χ3n) is 3.82. The first-order valence-corrected chi connectivity index (χ1v) is 7.28. The highest BCUT2D eigenvalue weighted by Crippen LogP contribution is 2.20. The predicted octanol–water partition coefficient (Wildman–Crippen LogP) is 0.607. The fourth-order valence-corrected chi connectivity index (χ4v) is 2.71. The highest BCUT2D eigenvalue weighted by molar-refractivity contribution is 5.79. The number of amides is 3. The van der Waals surface area contributed by atoms with Crippen LogP contribution in [0.3, 0.4) is 0 Å². The standard InChI is InChI=1S/C14H25N3O4/c1-10(13(20)15-2)8-16(3)14(21)17-6-4-5-11(9-17)7-12(18)19/h10-11H,4-9H2,1-3H3,(H,15,20)(H,18,19). The second kappa shape index (κ2) is 7.85. The zero-order valence-electron chi connectivity index (χ0n) is 13.0. The van der Waals surface area contributed by atoms with E-state index in [1.54, 1.807) is 25.9 Å². The number of carboxylic acid groups (broad SMARTS) is 1. The van der Waals surface area contributed by atoms with Crippen LogP contribution in [0.25, 0.3) is 0 Å². The van der Waals surface area contributed by atoms with E-state index in [0.717, 1.165) is 12.8 Å². The van der Waals surface area contributed by atoms with E-state index in [1.165, 1.54) is 4.90 Å². The summed E-state index contributed by atoms with van der Waals surface area (Å²) in [5.41, 5.74) is 0. The SMILES string of the molecule is CNC(=O)C(C)CN(C)C(=O)N1CCCC(CC(=O)O)C1. The van der Waals surface area contributed by atoms with E-state index >= 15 is 0 Å². The Morgan fingerprint density at radius 3 is 2.67 bits per heavy atom. The Hall–Kier alpha value is -1.79. The number of urea groups is 1. The summed E-state index contributed by atoms with van der Waals surface area (Å²) < 4.78 is 0. The number of carbonyl (C=O) groups excluding carboxylic acids is 2. The maximum absolute atomic E-state index is 12.3. The van der Waals surface area contributed by atoms with Crippen LogP contribution in [0, 0.1) is 11.8 Å². The lowest BCUT2D eigenvalue weighted by atomic mass is 9.95. The van der Waals surface area contributed by atoms with E-state index in [9.17, 15) is 14.4 Å². The molecule has 2 unspecified atom stereocenters. The fraction of sp³-hybridized carbons (Fsp3) is 0.786. The number of rotatable bonds is 5. The zero-order valence-corrected chi connectivity index (χ0v) is 13.0. The summed E-state index contributed by atoms with van der Waals surface area (Å²) in [6.07, 6.45) is 1.76. The number of likely N-dealkylation sites (tertiary alicyclic amines) is 1. The van der Waals surface area contributed by atoms with Crippen molar-refractivity contribution in [2.24, 2.45) is 11.8 Å². The summed E-state index contributed by atoms with van der Waals surface area (Å²) in [6, 6.07) is -0.138. The fourth-order valence-electron chi connectivity index (χ4n) is 2.71. The third-order valence-corrected chi connectivity index (χ3v) is 3.82. The lowest BCUT2D eigenvalue weighted by molar-refractivity contribution is -0.138. The highest BCUT2D eigenvalue weighted by Gasteiger charge is 2.28. The molecule has 120 valence electrons. The minimum Gasteiger partial charge on any atom is -0.481 e. The first kappa shape index (κ1) is 17.3. The van der Waals surface area contributed by atoms with Gasteiger partial charge in [-0.1, -0.05) is 6.92 Å². The first-order chi connectivity index (χ1) is 9.85. The molecule has 0 aromatic heterocycles. The van der Waals surface area contributed by atoms with Crippen molar-refractivity contribution >= 4 is 17.9 Å². The van der Waals surface area contributed by atoms with Gasteiger partial charge in [-0.3, -0.25) is 9.59 Å². The number of nitrogens with one attached hydrogen (secondary N) is 1. The Labute approximate surface area is 125 Å². The smallest absolute Gasteiger partial charge is 0.319 e. The molecule has 0 saturated carbocycles. The Morgan fingerprint density at radius 2 is 2.10 bits per heavy atom. The van der Waals surface area contributed by atoms with Crippen molar-refractivity contribution in [1.82, 2.24) is 15.1 Å². The second-order valence-electron chi connectivity index (χ2n) is 5.73. The molecule has 1 rings (SSSR count). The molecule has 1 aliphatic heterocycles. The molecule has 1 heterocycles. The summed E-state index contributed by atoms with van der Waals surface area (Å²) in [5, 5.41) is 11.4. The van der Waals surface area contributed by atoms with Gasteiger partial charge in [0, 0.05) is 40.2 Å². The average molecular weight is 299 g/mol. The molecule has 7 nitrogen and oxygen atoms in total. The third kappa shape index (κ3) is 5.24. The monoisotopic (exact) mass is 299 g/mol. The summed E-state index contributed by atoms with van der Waals surface area (Å²) in [4.78, 5) is 37.8. The van der Waals surface area contributed by atoms with Gasteiger partial charge in [-0.05, 0) is 18.8 Å². The van der Waals surface area contributed by atoms with Crippen LogP contribution in [0.5, 0.6) is 0 Å². The molecule has 0 radical (unpaired) electrons. The van der Waals surface area contributed by atoms with Gasteiger partial charge in [-0.15, -0.1) is 0 Å². The van der Waals surface area contributed by atoms with Gasteiger partial charge in [0.15, 0.2) is 0 Å². The van der Waals surface area contributed by atoms with E-state index < -0.39 is 5.97 Å². The number of carboxylic acids is 1. The van der Waals surface area contributed by atoms with Crippen LogP contribution in [0.4, 0.5) is 4.79 Å². The predicted molar refractivity (Wildman–Crippen MR) is 77.8 cm³/mol. The van der Waals surface area contributed by atoms with E-state index in [2.05, 4.69) is 5.32 Å². The van der Waals surface area contributed by atoms with Crippen molar-refractivity contribution in [3.63, 3.8) is 0 Å². The minimum absolute atomic E-state index is 0.0185. The molecule has 1 saturated heterocycles. The number of aliphatic carboxylic acids is 1. The van der Waals surface area contributed by atoms with E-state index in [-0.39, 0.29) is 30.2 Å². The summed E-state index contributed by atoms with van der Waals surface area (Å²) in [5.74, 6) is -1.18. The highest BCUT2D eigenvalue weighted by atomic mass is 16.4. The zero-order chi connectivity index (χ0) is 16.0. The van der Waals surface area contributed by atoms with Gasteiger partial charge in [0.2, 0.25) is 5.91 Å². The lowest BCUT2D eigenvalue weighted by Crippen LogP contribution is -2.48. The molecule has 0 aromatic rings. The van der Waals surface area contributed by atoms with E-state index in [4.69, 9.17) is 5.11 Å². The maximum Gasteiger partial charge on any atom is 0.319 e. The second-order valence-corrected chi connectivity index (χ2v) is 5.73. The van der Waals surface area contributed by atoms with Crippen LogP contribution in [0.15, 0.2) is 0 Å². The van der Waals surface area contributed by atoms with Gasteiger partial charge >= 0.3 is 12.0 Å². The summed E-state index contributed by atoms with van der Waals surface area (Å²) in [7, 11) is 3.24. The average Bonchev–Trinajstić information content (AvgIpc) is 2.44. The molecule has 2 N–H and O–H groups in total. The van der Waals surface area contributed by atoms with Crippen molar-refractivity contribution in [2.75, 3.05) is 33.7 Å². The largest absolute Gasteiger partial charge is 0.481 e. The van der Waals surface area contributed by atoms with Crippen LogP contribution < -0.4 is 5.32 Å². The van der Waals surface area contributed by atoms with Crippen LogP contribution >= 0.6 is 0 Å². The molecular weight excluding hydrogens is 274 g/mol. The normalized spacial score (nSPS) is 19.8. The Balaban J connectivity index is 2.53. The van der Waals surface area contributed by atoms with Crippen molar-refractivity contribution in [3.05, 3.63) is 0 Å². The number of carbonyl (C=O) groups is 3. The molecule has 0 aliphatic carbocycles. The summed E-state index contributed by atoms with van der Waals surface area (Å²) >= 11 is 0. The Bertz CT molecular complexity index is 400. The van der Waals surface area contributed by atoms with Crippen LogP contribution in [-0.4, -0.2) is 66.5 Å². The van der Waals surface area contributed by atoms with Gasteiger partial charge in [0.1, 0.15) is 0 Å². The molecule has 0 spiro atoms. The molecular formula is C14H25N3O4. The van der Waals surface area contributed by atoms with Gasteiger partial charge in [0.25, 0.3) is 0 Å². The Kier molecular flexibility index (Phi) is 6.45. The van der Waals surface area contributed by atoms with Crippen LogP contribution in [0.2, 0.25) is 0 Å². The lowest BCUT2D eigenvalue weighted by Gasteiger charge is -2.35. The van der Waals surface area contributed by atoms with Gasteiger partial charge in [-0.2, -0.15) is 0 Å². The van der Waals surface area contributed by atoms with Crippen LogP contribution in [-0.2, 0) is 9.59 Å². The molecule has 3 amide bonds.